The van der Waals surface area contributed by atoms with E-state index in [4.69, 9.17) is 18.9 Å². The first-order valence-corrected chi connectivity index (χ1v) is 11.5. The van der Waals surface area contributed by atoms with E-state index in [2.05, 4.69) is 0 Å². The first-order valence-electron chi connectivity index (χ1n) is 11.5. The van der Waals surface area contributed by atoms with Crippen LogP contribution in [0.3, 0.4) is 0 Å². The highest BCUT2D eigenvalue weighted by atomic mass is 16.7. The van der Waals surface area contributed by atoms with Crippen LogP contribution in [0.25, 0.3) is 10.9 Å². The maximum atomic E-state index is 13.4. The molecule has 0 radical (unpaired) electrons. The van der Waals surface area contributed by atoms with Crippen molar-refractivity contribution in [1.29, 1.82) is 0 Å². The van der Waals surface area contributed by atoms with E-state index >= 15 is 0 Å². The number of aromatic nitrogens is 1. The third-order valence-electron chi connectivity index (χ3n) is 5.57. The number of nitrogens with zero attached hydrogens (tertiary/aromatic N) is 1. The predicted octanol–water partition coefficient (Wildman–Crippen LogP) is 5.71. The Kier molecular flexibility index (Phi) is 6.66. The van der Waals surface area contributed by atoms with Crippen molar-refractivity contribution in [2.45, 2.75) is 65.5 Å². The third kappa shape index (κ3) is 4.94. The topological polar surface area (TPSA) is 76.0 Å². The Bertz CT molecular complexity index is 1190. The minimum atomic E-state index is -0.701. The maximum absolute atomic E-state index is 13.4. The lowest BCUT2D eigenvalue weighted by atomic mass is 9.92. The quantitative estimate of drug-likeness (QED) is 0.450. The van der Waals surface area contributed by atoms with Gasteiger partial charge in [-0.05, 0) is 52.3 Å². The highest BCUT2D eigenvalue weighted by Gasteiger charge is 2.41. The molecule has 34 heavy (non-hydrogen) atoms. The second-order valence-electron chi connectivity index (χ2n) is 9.44. The summed E-state index contributed by atoms with van der Waals surface area (Å²) in [6, 6.07) is 15.2. The first kappa shape index (κ1) is 23.8. The molecule has 0 saturated heterocycles. The molecule has 7 heteroatoms. The molecule has 0 bridgehead atoms. The number of aryl methyl sites for hydroxylation is 1. The standard InChI is InChI=1S/C27H31NO6/c1-6-31-22-15-20(25(29)32-16-18-10-8-7-9-11-18)23-19-14-17(2)12-13-21(19)28(24(23)33-22)26(30)34-27(3,4)5/h7-14,20,22H,6,15-16H2,1-5H3/t20-,22-/m0/s1. The van der Waals surface area contributed by atoms with E-state index in [1.54, 1.807) is 20.8 Å². The van der Waals surface area contributed by atoms with Crippen LogP contribution >= 0.6 is 0 Å². The number of rotatable bonds is 5. The van der Waals surface area contributed by atoms with Crippen LogP contribution in [0, 0.1) is 6.92 Å². The normalized spacial score (nSPS) is 17.7. The van der Waals surface area contributed by atoms with E-state index < -0.39 is 23.9 Å². The molecule has 2 aromatic carbocycles. The zero-order chi connectivity index (χ0) is 24.5. The van der Waals surface area contributed by atoms with Crippen LogP contribution in [-0.2, 0) is 25.6 Å². The maximum Gasteiger partial charge on any atom is 0.421 e. The molecule has 0 amide bonds. The Hall–Kier alpha value is -3.32. The molecule has 0 spiro atoms. The fraction of sp³-hybridized carbons (Fsp3) is 0.407. The van der Waals surface area contributed by atoms with E-state index in [0.29, 0.717) is 17.7 Å². The molecule has 2 heterocycles. The van der Waals surface area contributed by atoms with Crippen LogP contribution in [0.4, 0.5) is 4.79 Å². The molecule has 1 aliphatic heterocycles. The summed E-state index contributed by atoms with van der Waals surface area (Å²) in [5.74, 6) is -0.777. The molecule has 0 fully saturated rings. The van der Waals surface area contributed by atoms with Gasteiger partial charge in [0.2, 0.25) is 12.2 Å². The van der Waals surface area contributed by atoms with Gasteiger partial charge in [-0.3, -0.25) is 4.79 Å². The number of ether oxygens (including phenoxy) is 4. The smallest absolute Gasteiger partial charge is 0.421 e. The van der Waals surface area contributed by atoms with Crippen LogP contribution in [0.15, 0.2) is 48.5 Å². The largest absolute Gasteiger partial charge is 0.460 e. The molecule has 7 nitrogen and oxygen atoms in total. The van der Waals surface area contributed by atoms with Crippen molar-refractivity contribution < 1.29 is 28.5 Å². The lowest BCUT2D eigenvalue weighted by molar-refractivity contribution is -0.153. The van der Waals surface area contributed by atoms with Crippen molar-refractivity contribution in [3.63, 3.8) is 0 Å². The molecule has 0 saturated carbocycles. The van der Waals surface area contributed by atoms with Crippen LogP contribution in [-0.4, -0.2) is 35.1 Å². The van der Waals surface area contributed by atoms with E-state index in [1.807, 2.05) is 62.4 Å². The fourth-order valence-electron chi connectivity index (χ4n) is 4.16. The van der Waals surface area contributed by atoms with Crippen molar-refractivity contribution in [2.24, 2.45) is 0 Å². The highest BCUT2D eigenvalue weighted by molar-refractivity contribution is 5.99. The van der Waals surface area contributed by atoms with Gasteiger partial charge in [-0.1, -0.05) is 42.0 Å². The first-order chi connectivity index (χ1) is 16.2. The Balaban J connectivity index is 1.79. The van der Waals surface area contributed by atoms with Crippen LogP contribution < -0.4 is 4.74 Å². The van der Waals surface area contributed by atoms with Crippen LogP contribution in [0.5, 0.6) is 5.88 Å². The highest BCUT2D eigenvalue weighted by Crippen LogP contribution is 2.45. The summed E-state index contributed by atoms with van der Waals surface area (Å²) < 4.78 is 24.7. The van der Waals surface area contributed by atoms with Crippen molar-refractivity contribution in [2.75, 3.05) is 6.61 Å². The molecule has 0 unspecified atom stereocenters. The van der Waals surface area contributed by atoms with Crippen molar-refractivity contribution in [3.8, 4) is 5.88 Å². The van der Waals surface area contributed by atoms with Crippen LogP contribution in [0.2, 0.25) is 0 Å². The number of hydrogen-bond donors (Lipinski definition) is 0. The van der Waals surface area contributed by atoms with E-state index in [0.717, 1.165) is 16.5 Å². The second-order valence-corrected chi connectivity index (χ2v) is 9.44. The van der Waals surface area contributed by atoms with Gasteiger partial charge in [0.15, 0.2) is 0 Å². The number of carbonyl (C=O) groups excluding carboxylic acids is 2. The minimum Gasteiger partial charge on any atom is -0.460 e. The van der Waals surface area contributed by atoms with E-state index in [9.17, 15) is 9.59 Å². The lowest BCUT2D eigenvalue weighted by Gasteiger charge is -2.30. The Morgan fingerprint density at radius 1 is 1.12 bits per heavy atom. The number of hydrogen-bond acceptors (Lipinski definition) is 6. The Morgan fingerprint density at radius 3 is 2.53 bits per heavy atom. The van der Waals surface area contributed by atoms with Crippen LogP contribution in [0.1, 0.15) is 56.7 Å². The zero-order valence-electron chi connectivity index (χ0n) is 20.3. The van der Waals surface area contributed by atoms with E-state index in [-0.39, 0.29) is 24.9 Å². The van der Waals surface area contributed by atoms with Crippen molar-refractivity contribution in [3.05, 3.63) is 65.2 Å². The van der Waals surface area contributed by atoms with Gasteiger partial charge in [0.05, 0.1) is 11.4 Å². The lowest BCUT2D eigenvalue weighted by Crippen LogP contribution is -2.34. The monoisotopic (exact) mass is 465 g/mol. The molecule has 180 valence electrons. The van der Waals surface area contributed by atoms with E-state index in [1.165, 1.54) is 4.57 Å². The average molecular weight is 466 g/mol. The Labute approximate surface area is 199 Å². The summed E-state index contributed by atoms with van der Waals surface area (Å²) in [6.07, 6.45) is -0.981. The van der Waals surface area contributed by atoms with Gasteiger partial charge >= 0.3 is 12.1 Å². The zero-order valence-corrected chi connectivity index (χ0v) is 20.3. The molecule has 0 N–H and O–H groups in total. The average Bonchev–Trinajstić information content (AvgIpc) is 3.10. The summed E-state index contributed by atoms with van der Waals surface area (Å²) in [5.41, 5.74) is 2.44. The summed E-state index contributed by atoms with van der Waals surface area (Å²) in [4.78, 5) is 26.6. The molecular formula is C27H31NO6. The second kappa shape index (κ2) is 9.50. The van der Waals surface area contributed by atoms with Gasteiger partial charge in [0, 0.05) is 24.0 Å². The summed E-state index contributed by atoms with van der Waals surface area (Å²) in [7, 11) is 0. The fourth-order valence-corrected chi connectivity index (χ4v) is 4.16. The molecule has 2 atom stereocenters. The van der Waals surface area contributed by atoms with Crippen molar-refractivity contribution in [1.82, 2.24) is 4.57 Å². The van der Waals surface area contributed by atoms with Gasteiger partial charge in [-0.2, -0.15) is 0 Å². The summed E-state index contributed by atoms with van der Waals surface area (Å²) >= 11 is 0. The summed E-state index contributed by atoms with van der Waals surface area (Å²) in [5, 5.41) is 0.762. The number of carbonyl (C=O) groups is 2. The third-order valence-corrected chi connectivity index (χ3v) is 5.57. The predicted molar refractivity (Wildman–Crippen MR) is 128 cm³/mol. The summed E-state index contributed by atoms with van der Waals surface area (Å²) in [6.45, 7) is 9.80. The van der Waals surface area contributed by atoms with Gasteiger partial charge < -0.3 is 18.9 Å². The molecular weight excluding hydrogens is 434 g/mol. The molecule has 1 aromatic heterocycles. The number of benzene rings is 2. The number of fused-ring (bicyclic) bond motifs is 3. The molecule has 3 aromatic rings. The Morgan fingerprint density at radius 2 is 1.85 bits per heavy atom. The molecule has 4 rings (SSSR count). The minimum absolute atomic E-state index is 0.162. The molecule has 0 aliphatic carbocycles. The number of esters is 1. The van der Waals surface area contributed by atoms with Gasteiger partial charge in [-0.15, -0.1) is 0 Å². The molecule has 1 aliphatic rings. The van der Waals surface area contributed by atoms with Gasteiger partial charge in [0.25, 0.3) is 0 Å². The van der Waals surface area contributed by atoms with Gasteiger partial charge in [-0.25, -0.2) is 9.36 Å². The van der Waals surface area contributed by atoms with Crippen molar-refractivity contribution >= 4 is 23.0 Å². The SMILES string of the molecule is CCO[C@@H]1C[C@H](C(=O)OCc2ccccc2)c2c(n(C(=O)OC(C)(C)C)c3ccc(C)cc23)O1. The van der Waals surface area contributed by atoms with Gasteiger partial charge in [0.1, 0.15) is 12.2 Å².